The molecule has 3 aromatic heterocycles. The van der Waals surface area contributed by atoms with Gasteiger partial charge in [0.2, 0.25) is 0 Å². The molecule has 0 amide bonds. The summed E-state index contributed by atoms with van der Waals surface area (Å²) in [5, 5.41) is -0.497. The van der Waals surface area contributed by atoms with Gasteiger partial charge in [0.25, 0.3) is 0 Å². The topological polar surface area (TPSA) is 142 Å². The third-order valence-corrected chi connectivity index (χ3v) is 24.1. The minimum atomic E-state index is -0.130. The largest absolute Gasteiger partial charge is 2.00 e. The molecular formula is C80H48Cl12N8O4Zn. The molecule has 2 aliphatic carbocycles. The van der Waals surface area contributed by atoms with Crippen molar-refractivity contribution in [2.24, 2.45) is 0 Å². The predicted octanol–water partition coefficient (Wildman–Crippen LogP) is 28.6. The second-order valence-electron chi connectivity index (χ2n) is 25.4. The Bertz CT molecular complexity index is 5920. The van der Waals surface area contributed by atoms with Crippen molar-refractivity contribution >= 4 is 183 Å². The quantitative estimate of drug-likeness (QED) is 0.0849. The minimum absolute atomic E-state index is 0. The molecule has 2 fully saturated rings. The van der Waals surface area contributed by atoms with Gasteiger partial charge in [-0.05, 0) is 84.0 Å². The standard InChI is InChI=1S/C80H48Cl12N8O4.Zn/c81-57-49-53(61(85)69(65(57)89)101-45-33-17-13-29-41(45)37-21-5-1-6-22-37)77-94-73(49)93-74-50-55(63(87)71(66(90)58(50)82)103-47-35-19-15-31-43(47)39-25-9-3-10-26-39)79(95-74)100-80-56-52(60(84)68(92)72(64(56)88)104-48-36-20-16-32-44(48)40-27-11-4-12-28-40)76(99-80)98-78-54-51(75(96-77)97-78)59(83)67(91)70(62(54)86)102-46-34-18-14-30-42(46)38-23-7-2-8-24-38;/h1-2,5-8,13-24,29-36,39-40H,3-4,9-12,25-28H2;/q-2;+2. The maximum absolute atomic E-state index is 7.82. The molecule has 17 rings (SSSR count). The third-order valence-electron chi connectivity index (χ3n) is 19.3. The minimum Gasteiger partial charge on any atom is -0.454 e. The number of nitrogens with zero attached hydrogens (tertiary/aromatic N) is 8. The van der Waals surface area contributed by atoms with Gasteiger partial charge >= 0.3 is 19.5 Å². The fourth-order valence-corrected chi connectivity index (χ4v) is 17.8. The van der Waals surface area contributed by atoms with Crippen LogP contribution < -0.4 is 28.9 Å². The molecule has 0 saturated heterocycles. The van der Waals surface area contributed by atoms with Crippen molar-refractivity contribution in [1.82, 2.24) is 39.9 Å². The van der Waals surface area contributed by atoms with Gasteiger partial charge in [-0.15, -0.1) is 0 Å². The first-order valence-electron chi connectivity index (χ1n) is 33.3. The molecule has 0 unspecified atom stereocenters. The van der Waals surface area contributed by atoms with Gasteiger partial charge in [-0.2, -0.15) is 0 Å². The SMILES string of the molecule is Clc1c(Cl)c2c(c(Cl)c1Oc1ccccc1-c1ccccc1)-c1nc-2nc2[n-]c(nc3nc(nc4[n-]c(n1)c1c(Cl)c(Cl)c(Oc5ccccc5-c5ccccc5)c(Cl)c41)-c1c(Cl)c(Cl)c(Oc4ccccc4C4CCCCC4)c(Cl)c1-3)c1c(Cl)c(Oc3ccccc3C3CCCCC3)c(Cl)c(Cl)c21.[Zn+2]. The Kier molecular flexibility index (Phi) is 20.5. The fourth-order valence-electron chi connectivity index (χ4n) is 14.4. The van der Waals surface area contributed by atoms with Gasteiger partial charge in [0.15, 0.2) is 23.0 Å². The summed E-state index contributed by atoms with van der Waals surface area (Å²) in [5.74, 6) is 1.72. The molecular weight excluding hydrogens is 1630 g/mol. The molecule has 0 spiro atoms. The summed E-state index contributed by atoms with van der Waals surface area (Å²) in [6, 6.07) is 49.7. The summed E-state index contributed by atoms with van der Waals surface area (Å²) < 4.78 is 27.4. The van der Waals surface area contributed by atoms with Gasteiger partial charge in [-0.1, -0.05) is 311 Å². The van der Waals surface area contributed by atoms with Crippen LogP contribution in [0.5, 0.6) is 46.0 Å². The smallest absolute Gasteiger partial charge is 0.454 e. The first-order valence-corrected chi connectivity index (χ1v) is 37.9. The maximum atomic E-state index is 7.82. The molecule has 2 aliphatic heterocycles. The summed E-state index contributed by atoms with van der Waals surface area (Å²) in [6.07, 6.45) is 10.5. The second-order valence-corrected chi connectivity index (χ2v) is 30.0. The van der Waals surface area contributed by atoms with Crippen LogP contribution >= 0.6 is 139 Å². The van der Waals surface area contributed by atoms with Crippen LogP contribution in [0, 0.1) is 0 Å². The van der Waals surface area contributed by atoms with Crippen LogP contribution in [-0.2, 0) is 19.5 Å². The van der Waals surface area contributed by atoms with E-state index < -0.39 is 0 Å². The van der Waals surface area contributed by atoms with Gasteiger partial charge < -0.3 is 48.9 Å². The summed E-state index contributed by atoms with van der Waals surface area (Å²) in [6.45, 7) is 0. The van der Waals surface area contributed by atoms with Crippen molar-refractivity contribution in [3.05, 3.63) is 229 Å². The van der Waals surface area contributed by atoms with Gasteiger partial charge in [0, 0.05) is 77.5 Å². The molecule has 25 heteroatoms. The Morgan fingerprint density at radius 2 is 0.543 bits per heavy atom. The van der Waals surface area contributed by atoms with E-state index in [9.17, 15) is 0 Å². The Morgan fingerprint density at radius 3 is 0.905 bits per heavy atom. The number of fused-ring (bicyclic) bond motifs is 20. The zero-order chi connectivity index (χ0) is 71.3. The van der Waals surface area contributed by atoms with Crippen LogP contribution in [0.25, 0.3) is 112 Å². The number of aromatic nitrogens is 8. The zero-order valence-electron chi connectivity index (χ0n) is 54.7. The van der Waals surface area contributed by atoms with Gasteiger partial charge in [0.1, 0.15) is 43.1 Å². The van der Waals surface area contributed by atoms with E-state index in [1.54, 1.807) is 12.1 Å². The normalized spacial score (nSPS) is 13.8. The summed E-state index contributed by atoms with van der Waals surface area (Å²) in [4.78, 5) is 41.6. The maximum Gasteiger partial charge on any atom is 2.00 e. The number of rotatable bonds is 12. The Labute approximate surface area is 674 Å². The molecule has 0 N–H and O–H groups in total. The fraction of sp³-hybridized carbons (Fsp3) is 0.150. The van der Waals surface area contributed by atoms with Crippen LogP contribution in [0.2, 0.25) is 60.3 Å². The monoisotopic (exact) mass is 1670 g/mol. The van der Waals surface area contributed by atoms with Crippen LogP contribution in [0.4, 0.5) is 0 Å². The number of hydrogen-bond donors (Lipinski definition) is 0. The summed E-state index contributed by atoms with van der Waals surface area (Å²) in [5.41, 5.74) is 5.06. The van der Waals surface area contributed by atoms with Gasteiger partial charge in [0.05, 0.1) is 63.5 Å². The van der Waals surface area contributed by atoms with Crippen LogP contribution in [0.1, 0.15) is 87.2 Å². The van der Waals surface area contributed by atoms with Gasteiger partial charge in [-0.25, -0.2) is 9.97 Å². The first kappa shape index (κ1) is 72.1. The molecule has 105 heavy (non-hydrogen) atoms. The molecule has 4 aliphatic rings. The molecule has 10 aromatic carbocycles. The van der Waals surface area contributed by atoms with Crippen LogP contribution in [0.15, 0.2) is 158 Å². The molecule has 12 nitrogen and oxygen atoms in total. The second kappa shape index (κ2) is 29.8. The molecule has 518 valence electrons. The summed E-state index contributed by atoms with van der Waals surface area (Å²) >= 11 is 91.5. The van der Waals surface area contributed by atoms with Crippen molar-refractivity contribution in [3.8, 4) is 114 Å². The van der Waals surface area contributed by atoms with E-state index >= 15 is 0 Å². The van der Waals surface area contributed by atoms with E-state index in [0.717, 1.165) is 97.6 Å². The molecule has 13 aromatic rings. The number of hydrogen-bond acceptors (Lipinski definition) is 10. The van der Waals surface area contributed by atoms with Crippen molar-refractivity contribution in [2.75, 3.05) is 0 Å². The van der Waals surface area contributed by atoms with E-state index in [0.29, 0.717) is 23.0 Å². The Balaban J connectivity index is 0.00000847. The van der Waals surface area contributed by atoms with Crippen LogP contribution in [-0.4, -0.2) is 29.9 Å². The Hall–Kier alpha value is -7.14. The Morgan fingerprint density at radius 1 is 0.267 bits per heavy atom. The zero-order valence-corrected chi connectivity index (χ0v) is 66.7. The molecule has 0 radical (unpaired) electrons. The third kappa shape index (κ3) is 12.8. The number of para-hydroxylation sites is 4. The summed E-state index contributed by atoms with van der Waals surface area (Å²) in [7, 11) is 0. The average Bonchev–Trinajstić information content (AvgIpc) is 1.59. The van der Waals surface area contributed by atoms with Crippen molar-refractivity contribution in [2.45, 2.75) is 76.0 Å². The van der Waals surface area contributed by atoms with E-state index in [2.05, 4.69) is 12.1 Å². The molecule has 5 heterocycles. The van der Waals surface area contributed by atoms with E-state index in [1.165, 1.54) is 0 Å². The molecule has 8 bridgehead atoms. The molecule has 0 atom stereocenters. The number of benzene rings is 10. The van der Waals surface area contributed by atoms with E-state index in [1.807, 2.05) is 133 Å². The van der Waals surface area contributed by atoms with E-state index in [-0.39, 0.29) is 204 Å². The average molecular weight is 1680 g/mol. The first-order chi connectivity index (χ1) is 50.6. The van der Waals surface area contributed by atoms with Crippen molar-refractivity contribution in [3.63, 3.8) is 0 Å². The molecule has 2 saturated carbocycles. The van der Waals surface area contributed by atoms with Gasteiger partial charge in [-0.3, -0.25) is 0 Å². The number of ether oxygens (including phenoxy) is 4. The van der Waals surface area contributed by atoms with Crippen LogP contribution in [0.3, 0.4) is 0 Å². The van der Waals surface area contributed by atoms with E-state index in [4.69, 9.17) is 198 Å². The number of halogens is 12. The van der Waals surface area contributed by atoms with Crippen molar-refractivity contribution in [1.29, 1.82) is 0 Å². The van der Waals surface area contributed by atoms with Crippen molar-refractivity contribution < 1.29 is 38.4 Å². The predicted molar refractivity (Wildman–Crippen MR) is 423 cm³/mol.